The second-order valence-electron chi connectivity index (χ2n) is 4.11. The van der Waals surface area contributed by atoms with Crippen molar-refractivity contribution in [1.29, 1.82) is 0 Å². The number of nitrogen functional groups attached to an aromatic ring is 1. The summed E-state index contributed by atoms with van der Waals surface area (Å²) in [5, 5.41) is 0. The summed E-state index contributed by atoms with van der Waals surface area (Å²) in [7, 11) is 0. The molecule has 0 aliphatic heterocycles. The molecule has 1 aromatic rings. The lowest BCUT2D eigenvalue weighted by atomic mass is 10.1. The molecule has 0 aliphatic carbocycles. The molecule has 0 radical (unpaired) electrons. The zero-order chi connectivity index (χ0) is 12.0. The molecule has 88 valence electrons. The Morgan fingerprint density at radius 2 is 2.00 bits per heavy atom. The quantitative estimate of drug-likeness (QED) is 0.613. The molecule has 3 nitrogen and oxygen atoms in total. The summed E-state index contributed by atoms with van der Waals surface area (Å²) in [6.07, 6.45) is 1.34. The van der Waals surface area contributed by atoms with Crippen molar-refractivity contribution in [3.05, 3.63) is 29.8 Å². The molecule has 1 atom stereocenters. The van der Waals surface area contributed by atoms with E-state index in [1.807, 2.05) is 12.1 Å². The van der Waals surface area contributed by atoms with E-state index < -0.39 is 0 Å². The Labute approximate surface area is 96.6 Å². The van der Waals surface area contributed by atoms with E-state index in [1.54, 1.807) is 12.1 Å². The highest BCUT2D eigenvalue weighted by atomic mass is 16.5. The van der Waals surface area contributed by atoms with Gasteiger partial charge in [0, 0.05) is 5.69 Å². The summed E-state index contributed by atoms with van der Waals surface area (Å²) in [4.78, 5) is 11.5. The van der Waals surface area contributed by atoms with E-state index in [9.17, 15) is 4.79 Å². The predicted molar refractivity (Wildman–Crippen MR) is 65.0 cm³/mol. The fraction of sp³-hybridized carbons (Fsp3) is 0.462. The normalized spacial score (nSPS) is 12.1. The van der Waals surface area contributed by atoms with Crippen LogP contribution < -0.4 is 5.73 Å². The van der Waals surface area contributed by atoms with Crippen molar-refractivity contribution in [3.8, 4) is 0 Å². The molecular formula is C13H19NO2. The second kappa shape index (κ2) is 6.16. The maximum atomic E-state index is 11.5. The second-order valence-corrected chi connectivity index (χ2v) is 4.11. The van der Waals surface area contributed by atoms with E-state index in [0.717, 1.165) is 12.0 Å². The molecule has 1 aromatic carbocycles. The smallest absolute Gasteiger partial charge is 0.310 e. The Morgan fingerprint density at radius 3 is 2.56 bits per heavy atom. The van der Waals surface area contributed by atoms with Crippen molar-refractivity contribution in [3.63, 3.8) is 0 Å². The molecule has 2 N–H and O–H groups in total. The average Bonchev–Trinajstić information content (AvgIpc) is 2.29. The third kappa shape index (κ3) is 4.34. The lowest BCUT2D eigenvalue weighted by Gasteiger charge is -2.09. The van der Waals surface area contributed by atoms with Gasteiger partial charge >= 0.3 is 5.97 Å². The van der Waals surface area contributed by atoms with Gasteiger partial charge in [0.2, 0.25) is 0 Å². The molecule has 0 saturated heterocycles. The highest BCUT2D eigenvalue weighted by Gasteiger charge is 2.06. The van der Waals surface area contributed by atoms with Crippen LogP contribution in [0.1, 0.15) is 25.8 Å². The first-order valence-corrected chi connectivity index (χ1v) is 5.62. The standard InChI is InChI=1S/C13H19NO2/c1-3-10(2)9-16-13(15)8-11-4-6-12(14)7-5-11/h4-7,10H,3,8-9,14H2,1-2H3. The molecule has 0 aliphatic rings. The Morgan fingerprint density at radius 1 is 1.38 bits per heavy atom. The largest absolute Gasteiger partial charge is 0.465 e. The minimum atomic E-state index is -0.176. The third-order valence-corrected chi connectivity index (χ3v) is 2.55. The Kier molecular flexibility index (Phi) is 4.83. The Bertz CT molecular complexity index is 332. The maximum Gasteiger partial charge on any atom is 0.310 e. The van der Waals surface area contributed by atoms with Crippen molar-refractivity contribution >= 4 is 11.7 Å². The van der Waals surface area contributed by atoms with Crippen LogP contribution in [0.2, 0.25) is 0 Å². The number of ether oxygens (including phenoxy) is 1. The minimum absolute atomic E-state index is 0.176. The Balaban J connectivity index is 2.37. The van der Waals surface area contributed by atoms with Gasteiger partial charge in [-0.3, -0.25) is 4.79 Å². The van der Waals surface area contributed by atoms with Crippen LogP contribution in [0.15, 0.2) is 24.3 Å². The molecule has 0 heterocycles. The van der Waals surface area contributed by atoms with E-state index in [-0.39, 0.29) is 5.97 Å². The number of anilines is 1. The van der Waals surface area contributed by atoms with Gasteiger partial charge in [0.25, 0.3) is 0 Å². The van der Waals surface area contributed by atoms with Gasteiger partial charge in [0.15, 0.2) is 0 Å². The molecule has 16 heavy (non-hydrogen) atoms. The van der Waals surface area contributed by atoms with Crippen LogP contribution in [0.5, 0.6) is 0 Å². The molecule has 3 heteroatoms. The monoisotopic (exact) mass is 221 g/mol. The fourth-order valence-corrected chi connectivity index (χ4v) is 1.21. The van der Waals surface area contributed by atoms with Crippen LogP contribution in [0.4, 0.5) is 5.69 Å². The van der Waals surface area contributed by atoms with Gasteiger partial charge in [0.05, 0.1) is 13.0 Å². The van der Waals surface area contributed by atoms with Gasteiger partial charge in [0.1, 0.15) is 0 Å². The zero-order valence-corrected chi connectivity index (χ0v) is 9.90. The summed E-state index contributed by atoms with van der Waals surface area (Å²) in [5.74, 6) is 0.250. The van der Waals surface area contributed by atoms with Gasteiger partial charge in [-0.25, -0.2) is 0 Å². The third-order valence-electron chi connectivity index (χ3n) is 2.55. The molecule has 0 amide bonds. The fourth-order valence-electron chi connectivity index (χ4n) is 1.21. The number of carbonyl (C=O) groups excluding carboxylic acids is 1. The van der Waals surface area contributed by atoms with E-state index in [4.69, 9.17) is 10.5 Å². The average molecular weight is 221 g/mol. The molecule has 0 aromatic heterocycles. The number of carbonyl (C=O) groups is 1. The first-order chi connectivity index (χ1) is 7.61. The Hall–Kier alpha value is -1.51. The summed E-state index contributed by atoms with van der Waals surface area (Å²) >= 11 is 0. The highest BCUT2D eigenvalue weighted by Crippen LogP contribution is 2.07. The molecule has 0 spiro atoms. The summed E-state index contributed by atoms with van der Waals surface area (Å²) in [6, 6.07) is 7.27. The van der Waals surface area contributed by atoms with Gasteiger partial charge in [-0.1, -0.05) is 32.4 Å². The first kappa shape index (κ1) is 12.6. The van der Waals surface area contributed by atoms with Crippen molar-refractivity contribution in [2.45, 2.75) is 26.7 Å². The van der Waals surface area contributed by atoms with E-state index in [1.165, 1.54) is 0 Å². The summed E-state index contributed by atoms with van der Waals surface area (Å²) < 4.78 is 5.16. The van der Waals surface area contributed by atoms with E-state index in [2.05, 4.69) is 13.8 Å². The van der Waals surface area contributed by atoms with Crippen molar-refractivity contribution in [2.24, 2.45) is 5.92 Å². The van der Waals surface area contributed by atoms with E-state index in [0.29, 0.717) is 24.6 Å². The minimum Gasteiger partial charge on any atom is -0.465 e. The first-order valence-electron chi connectivity index (χ1n) is 5.62. The van der Waals surface area contributed by atoms with Crippen molar-refractivity contribution < 1.29 is 9.53 Å². The lowest BCUT2D eigenvalue weighted by molar-refractivity contribution is -0.144. The topological polar surface area (TPSA) is 52.3 Å². The maximum absolute atomic E-state index is 11.5. The molecule has 0 saturated carbocycles. The highest BCUT2D eigenvalue weighted by molar-refractivity contribution is 5.72. The summed E-state index contributed by atoms with van der Waals surface area (Å²) in [6.45, 7) is 4.65. The zero-order valence-electron chi connectivity index (χ0n) is 9.90. The van der Waals surface area contributed by atoms with Gasteiger partial charge in [-0.2, -0.15) is 0 Å². The SMILES string of the molecule is CCC(C)COC(=O)Cc1ccc(N)cc1. The van der Waals surface area contributed by atoms with E-state index >= 15 is 0 Å². The lowest BCUT2D eigenvalue weighted by Crippen LogP contribution is -2.13. The number of hydrogen-bond donors (Lipinski definition) is 1. The van der Waals surface area contributed by atoms with Crippen LogP contribution >= 0.6 is 0 Å². The number of rotatable bonds is 5. The van der Waals surface area contributed by atoms with Gasteiger partial charge in [-0.15, -0.1) is 0 Å². The van der Waals surface area contributed by atoms with Crippen LogP contribution in [-0.4, -0.2) is 12.6 Å². The van der Waals surface area contributed by atoms with Crippen molar-refractivity contribution in [2.75, 3.05) is 12.3 Å². The number of nitrogens with two attached hydrogens (primary N) is 1. The number of benzene rings is 1. The molecule has 0 bridgehead atoms. The predicted octanol–water partition coefficient (Wildman–Crippen LogP) is 2.40. The summed E-state index contributed by atoms with van der Waals surface area (Å²) in [5.41, 5.74) is 7.20. The van der Waals surface area contributed by atoms with Crippen LogP contribution in [0, 0.1) is 5.92 Å². The van der Waals surface area contributed by atoms with Crippen LogP contribution in [0.3, 0.4) is 0 Å². The number of hydrogen-bond acceptors (Lipinski definition) is 3. The van der Waals surface area contributed by atoms with Crippen molar-refractivity contribution in [1.82, 2.24) is 0 Å². The van der Waals surface area contributed by atoms with Gasteiger partial charge < -0.3 is 10.5 Å². The number of esters is 1. The molecule has 1 unspecified atom stereocenters. The van der Waals surface area contributed by atoms with Crippen LogP contribution in [-0.2, 0) is 16.0 Å². The molecule has 0 fully saturated rings. The van der Waals surface area contributed by atoms with Gasteiger partial charge in [-0.05, 0) is 23.6 Å². The molecular weight excluding hydrogens is 202 g/mol. The van der Waals surface area contributed by atoms with Crippen LogP contribution in [0.25, 0.3) is 0 Å². The molecule has 1 rings (SSSR count).